The maximum atomic E-state index is 13.7. The van der Waals surface area contributed by atoms with Gasteiger partial charge in [0.15, 0.2) is 5.13 Å². The van der Waals surface area contributed by atoms with Crippen LogP contribution in [0, 0.1) is 0 Å². The van der Waals surface area contributed by atoms with Gasteiger partial charge < -0.3 is 4.74 Å². The van der Waals surface area contributed by atoms with Crippen LogP contribution >= 0.6 is 23.1 Å². The number of benzene rings is 2. The van der Waals surface area contributed by atoms with Gasteiger partial charge in [-0.05, 0) is 48.3 Å². The summed E-state index contributed by atoms with van der Waals surface area (Å²) >= 11 is 3.30. The Morgan fingerprint density at radius 1 is 1.27 bits per heavy atom. The Hall–Kier alpha value is -1.89. The molecular weight excluding hydrogens is 412 g/mol. The molecule has 1 amide bonds. The molecule has 1 aliphatic heterocycles. The molecule has 0 spiro atoms. The molecule has 0 aliphatic carbocycles. The van der Waals surface area contributed by atoms with Crippen LogP contribution in [0.2, 0.25) is 0 Å². The van der Waals surface area contributed by atoms with Crippen molar-refractivity contribution in [2.75, 3.05) is 23.8 Å². The number of nitrogens with zero attached hydrogens (tertiary/aromatic N) is 2. The van der Waals surface area contributed by atoms with Crippen molar-refractivity contribution in [1.29, 1.82) is 0 Å². The normalized spacial score (nSPS) is 16.5. The fourth-order valence-electron chi connectivity index (χ4n) is 3.85. The summed E-state index contributed by atoms with van der Waals surface area (Å²) in [6.07, 6.45) is 2.10. The quantitative estimate of drug-likeness (QED) is 0.401. The number of para-hydroxylation sites is 1. The van der Waals surface area contributed by atoms with E-state index in [9.17, 15) is 4.79 Å². The van der Waals surface area contributed by atoms with Gasteiger partial charge in [-0.1, -0.05) is 56.4 Å². The third-order valence-electron chi connectivity index (χ3n) is 5.36. The van der Waals surface area contributed by atoms with Crippen molar-refractivity contribution >= 4 is 44.4 Å². The molecule has 1 atom stereocenters. The first-order chi connectivity index (χ1) is 14.6. The number of amides is 1. The van der Waals surface area contributed by atoms with Crippen molar-refractivity contribution < 1.29 is 9.53 Å². The van der Waals surface area contributed by atoms with Gasteiger partial charge >= 0.3 is 0 Å². The highest BCUT2D eigenvalue weighted by Gasteiger charge is 2.28. The third kappa shape index (κ3) is 4.41. The fraction of sp³-hybridized carbons (Fsp3) is 0.417. The van der Waals surface area contributed by atoms with E-state index in [0.717, 1.165) is 51.0 Å². The summed E-state index contributed by atoms with van der Waals surface area (Å²) in [5, 5.41) is 0.759. The minimum absolute atomic E-state index is 0.00667. The number of rotatable bonds is 7. The lowest BCUT2D eigenvalue weighted by Crippen LogP contribution is -2.37. The van der Waals surface area contributed by atoms with E-state index in [1.54, 1.807) is 23.1 Å². The molecule has 0 saturated carbocycles. The zero-order valence-corrected chi connectivity index (χ0v) is 19.4. The molecule has 0 N–H and O–H groups in total. The predicted molar refractivity (Wildman–Crippen MR) is 127 cm³/mol. The van der Waals surface area contributed by atoms with Gasteiger partial charge in [-0.2, -0.15) is 0 Å². The Balaban J connectivity index is 1.76. The monoisotopic (exact) mass is 440 g/mol. The maximum absolute atomic E-state index is 13.7. The molecule has 1 saturated heterocycles. The standard InChI is InChI=1S/C24H28N2O2S2/c1-4-29-20-12-6-5-10-19(20)23(27)26(15-17-9-8-14-28-17)24-25-22-18(16(2)3)11-7-13-21(22)30-24/h5-7,10-13,16-17H,4,8-9,14-15H2,1-3H3. The van der Waals surface area contributed by atoms with E-state index < -0.39 is 0 Å². The largest absolute Gasteiger partial charge is 0.376 e. The molecule has 0 radical (unpaired) electrons. The predicted octanol–water partition coefficient (Wildman–Crippen LogP) is 6.36. The zero-order chi connectivity index (χ0) is 21.1. The summed E-state index contributed by atoms with van der Waals surface area (Å²) in [7, 11) is 0. The van der Waals surface area contributed by atoms with E-state index in [4.69, 9.17) is 9.72 Å². The molecule has 2 aromatic carbocycles. The van der Waals surface area contributed by atoms with E-state index in [1.165, 1.54) is 5.56 Å². The van der Waals surface area contributed by atoms with Gasteiger partial charge in [0.2, 0.25) is 0 Å². The van der Waals surface area contributed by atoms with Crippen LogP contribution in [0.4, 0.5) is 5.13 Å². The van der Waals surface area contributed by atoms with Gasteiger partial charge in [0.1, 0.15) is 0 Å². The van der Waals surface area contributed by atoms with Gasteiger partial charge in [-0.3, -0.25) is 9.69 Å². The Morgan fingerprint density at radius 2 is 2.10 bits per heavy atom. The summed E-state index contributed by atoms with van der Waals surface area (Å²) in [6, 6.07) is 14.2. The fourth-order valence-corrected chi connectivity index (χ4v) is 5.65. The SMILES string of the molecule is CCSc1ccccc1C(=O)N(CC1CCCO1)c1nc2c(C(C)C)cccc2s1. The molecule has 2 heterocycles. The smallest absolute Gasteiger partial charge is 0.261 e. The number of anilines is 1. The highest BCUT2D eigenvalue weighted by Crippen LogP contribution is 2.35. The molecule has 4 rings (SSSR count). The molecule has 1 fully saturated rings. The highest BCUT2D eigenvalue weighted by molar-refractivity contribution is 7.99. The number of hydrogen-bond donors (Lipinski definition) is 0. The average Bonchev–Trinajstić information content (AvgIpc) is 3.41. The second-order valence-electron chi connectivity index (χ2n) is 7.83. The van der Waals surface area contributed by atoms with Crippen LogP contribution in [0.5, 0.6) is 0 Å². The molecule has 158 valence electrons. The van der Waals surface area contributed by atoms with Gasteiger partial charge in [0.25, 0.3) is 5.91 Å². The van der Waals surface area contributed by atoms with Gasteiger partial charge in [-0.25, -0.2) is 4.98 Å². The lowest BCUT2D eigenvalue weighted by atomic mass is 10.0. The minimum Gasteiger partial charge on any atom is -0.376 e. The number of ether oxygens (including phenoxy) is 1. The molecule has 1 aromatic heterocycles. The van der Waals surface area contributed by atoms with Gasteiger partial charge in [0, 0.05) is 11.5 Å². The lowest BCUT2D eigenvalue weighted by molar-refractivity contribution is 0.0915. The van der Waals surface area contributed by atoms with Crippen LogP contribution in [0.3, 0.4) is 0 Å². The van der Waals surface area contributed by atoms with Crippen LogP contribution in [-0.4, -0.2) is 35.9 Å². The van der Waals surface area contributed by atoms with Crippen molar-refractivity contribution in [3.05, 3.63) is 53.6 Å². The number of hydrogen-bond acceptors (Lipinski definition) is 5. The lowest BCUT2D eigenvalue weighted by Gasteiger charge is -2.24. The molecule has 1 unspecified atom stereocenters. The number of carbonyl (C=O) groups excluding carboxylic acids is 1. The van der Waals surface area contributed by atoms with E-state index >= 15 is 0 Å². The molecule has 4 nitrogen and oxygen atoms in total. The van der Waals surface area contributed by atoms with Crippen molar-refractivity contribution in [2.45, 2.75) is 50.5 Å². The van der Waals surface area contributed by atoms with E-state index in [-0.39, 0.29) is 12.0 Å². The second-order valence-corrected chi connectivity index (χ2v) is 10.1. The average molecular weight is 441 g/mol. The number of fused-ring (bicyclic) bond motifs is 1. The summed E-state index contributed by atoms with van der Waals surface area (Å²) in [4.78, 5) is 21.6. The van der Waals surface area contributed by atoms with E-state index in [2.05, 4.69) is 39.0 Å². The van der Waals surface area contributed by atoms with E-state index in [1.807, 2.05) is 29.2 Å². The Bertz CT molecular complexity index is 1020. The van der Waals surface area contributed by atoms with Crippen LogP contribution in [0.25, 0.3) is 10.2 Å². The van der Waals surface area contributed by atoms with Crippen LogP contribution in [-0.2, 0) is 4.74 Å². The Morgan fingerprint density at radius 3 is 2.83 bits per heavy atom. The van der Waals surface area contributed by atoms with Gasteiger partial charge in [-0.15, -0.1) is 11.8 Å². The summed E-state index contributed by atoms with van der Waals surface area (Å²) in [5.41, 5.74) is 2.97. The summed E-state index contributed by atoms with van der Waals surface area (Å²) < 4.78 is 7.01. The third-order valence-corrected chi connectivity index (χ3v) is 7.36. The van der Waals surface area contributed by atoms with Gasteiger partial charge in [0.05, 0.1) is 28.4 Å². The Kier molecular flexibility index (Phi) is 6.76. The molecule has 1 aliphatic rings. The summed E-state index contributed by atoms with van der Waals surface area (Å²) in [6.45, 7) is 7.78. The molecular formula is C24H28N2O2S2. The van der Waals surface area contributed by atoms with Crippen molar-refractivity contribution in [3.63, 3.8) is 0 Å². The number of thiazole rings is 1. The second kappa shape index (κ2) is 9.50. The number of carbonyl (C=O) groups is 1. The zero-order valence-electron chi connectivity index (χ0n) is 17.8. The first-order valence-corrected chi connectivity index (χ1v) is 12.4. The number of thioether (sulfide) groups is 1. The van der Waals surface area contributed by atoms with Crippen molar-refractivity contribution in [1.82, 2.24) is 4.98 Å². The molecule has 0 bridgehead atoms. The Labute approximate surface area is 186 Å². The highest BCUT2D eigenvalue weighted by atomic mass is 32.2. The van der Waals surface area contributed by atoms with Crippen LogP contribution < -0.4 is 4.90 Å². The van der Waals surface area contributed by atoms with Crippen LogP contribution in [0.15, 0.2) is 47.4 Å². The molecule has 6 heteroatoms. The van der Waals surface area contributed by atoms with Crippen LogP contribution in [0.1, 0.15) is 55.5 Å². The van der Waals surface area contributed by atoms with E-state index in [0.29, 0.717) is 12.5 Å². The number of aromatic nitrogens is 1. The maximum Gasteiger partial charge on any atom is 0.261 e. The summed E-state index contributed by atoms with van der Waals surface area (Å²) in [5.74, 6) is 1.31. The first kappa shape index (κ1) is 21.3. The van der Waals surface area contributed by atoms with Crippen molar-refractivity contribution in [2.24, 2.45) is 0 Å². The minimum atomic E-state index is 0.00667. The molecule has 30 heavy (non-hydrogen) atoms. The first-order valence-electron chi connectivity index (χ1n) is 10.6. The van der Waals surface area contributed by atoms with Crippen molar-refractivity contribution in [3.8, 4) is 0 Å². The molecule has 3 aromatic rings. The topological polar surface area (TPSA) is 42.4 Å².